The molecule has 1 atom stereocenters. The van der Waals surface area contributed by atoms with E-state index in [1.165, 1.54) is 11.9 Å². The number of benzene rings is 2. The van der Waals surface area contributed by atoms with E-state index in [-0.39, 0.29) is 5.91 Å². The second-order valence-electron chi connectivity index (χ2n) is 5.14. The topological polar surface area (TPSA) is 37.4 Å². The van der Waals surface area contributed by atoms with E-state index in [1.807, 2.05) is 56.3 Å². The fraction of sp³-hybridized carbons (Fsp3) is 0.176. The van der Waals surface area contributed by atoms with Gasteiger partial charge in [-0.15, -0.1) is 0 Å². The fourth-order valence-electron chi connectivity index (χ4n) is 2.40. The third-order valence-electron chi connectivity index (χ3n) is 3.77. The van der Waals surface area contributed by atoms with Gasteiger partial charge in [0.05, 0.1) is 0 Å². The quantitative estimate of drug-likeness (QED) is 0.626. The first-order valence-electron chi connectivity index (χ1n) is 6.75. The number of nitrogens with zero attached hydrogens (tertiary/aromatic N) is 1. The van der Waals surface area contributed by atoms with E-state index in [2.05, 4.69) is 0 Å². The Morgan fingerprint density at radius 2 is 1.90 bits per heavy atom. The van der Waals surface area contributed by atoms with Gasteiger partial charge in [0.1, 0.15) is 12.3 Å². The number of aryl methyl sites for hydroxylation is 2. The van der Waals surface area contributed by atoms with Crippen molar-refractivity contribution in [3.63, 3.8) is 0 Å². The minimum Gasteiger partial charge on any atom is -0.301 e. The van der Waals surface area contributed by atoms with Crippen molar-refractivity contribution in [2.24, 2.45) is 0 Å². The molecule has 0 aliphatic carbocycles. The minimum absolute atomic E-state index is 0.128. The van der Waals surface area contributed by atoms with Crippen molar-refractivity contribution < 1.29 is 9.59 Å². The Kier molecular flexibility index (Phi) is 3.55. The fourth-order valence-corrected chi connectivity index (χ4v) is 3.51. The van der Waals surface area contributed by atoms with Crippen molar-refractivity contribution in [2.45, 2.75) is 24.8 Å². The smallest absolute Gasteiger partial charge is 0.264 e. The van der Waals surface area contributed by atoms with Crippen molar-refractivity contribution in [3.05, 3.63) is 64.7 Å². The van der Waals surface area contributed by atoms with Crippen LogP contribution in [0.1, 0.15) is 33.1 Å². The van der Waals surface area contributed by atoms with Crippen molar-refractivity contribution in [1.82, 2.24) is 4.31 Å². The van der Waals surface area contributed by atoms with Crippen molar-refractivity contribution in [3.8, 4) is 0 Å². The number of carbonyl (C=O) groups is 2. The maximum atomic E-state index is 12.7. The lowest BCUT2D eigenvalue weighted by atomic mass is 10.0. The molecular weight excluding hydrogens is 282 g/mol. The summed E-state index contributed by atoms with van der Waals surface area (Å²) < 4.78 is 1.56. The Morgan fingerprint density at radius 1 is 1.14 bits per heavy atom. The summed E-state index contributed by atoms with van der Waals surface area (Å²) in [5.74, 6) is -0.128. The summed E-state index contributed by atoms with van der Waals surface area (Å²) >= 11 is 1.33. The Balaban J connectivity index is 1.95. The lowest BCUT2D eigenvalue weighted by Crippen LogP contribution is -2.26. The SMILES string of the molecule is Cc1ccc(C(=O)N2Sc3ccccc3C2C=O)cc1C. The van der Waals surface area contributed by atoms with E-state index in [9.17, 15) is 9.59 Å². The molecule has 1 heterocycles. The van der Waals surface area contributed by atoms with Crippen LogP contribution in [0.3, 0.4) is 0 Å². The van der Waals surface area contributed by atoms with Gasteiger partial charge in [-0.25, -0.2) is 0 Å². The highest BCUT2D eigenvalue weighted by atomic mass is 32.2. The molecule has 106 valence electrons. The van der Waals surface area contributed by atoms with Crippen LogP contribution >= 0.6 is 11.9 Å². The van der Waals surface area contributed by atoms with Gasteiger partial charge in [-0.1, -0.05) is 24.3 Å². The predicted molar refractivity (Wildman–Crippen MR) is 83.2 cm³/mol. The maximum absolute atomic E-state index is 12.7. The van der Waals surface area contributed by atoms with Crippen LogP contribution in [-0.4, -0.2) is 16.5 Å². The highest BCUT2D eigenvalue weighted by Gasteiger charge is 2.35. The molecule has 3 rings (SSSR count). The zero-order chi connectivity index (χ0) is 15.0. The summed E-state index contributed by atoms with van der Waals surface area (Å²) in [6.45, 7) is 3.99. The normalized spacial score (nSPS) is 16.7. The van der Waals surface area contributed by atoms with E-state index in [1.54, 1.807) is 4.31 Å². The molecule has 3 nitrogen and oxygen atoms in total. The molecule has 2 aromatic carbocycles. The van der Waals surface area contributed by atoms with Crippen LogP contribution in [0.15, 0.2) is 47.4 Å². The monoisotopic (exact) mass is 297 g/mol. The first kappa shape index (κ1) is 13.9. The maximum Gasteiger partial charge on any atom is 0.264 e. The first-order chi connectivity index (χ1) is 10.1. The molecule has 0 fully saturated rings. The summed E-state index contributed by atoms with van der Waals surface area (Å²) in [5, 5.41) is 0. The molecule has 0 spiro atoms. The Morgan fingerprint density at radius 3 is 2.62 bits per heavy atom. The number of fused-ring (bicyclic) bond motifs is 1. The first-order valence-corrected chi connectivity index (χ1v) is 7.52. The number of amides is 1. The highest BCUT2D eigenvalue weighted by molar-refractivity contribution is 7.98. The second kappa shape index (κ2) is 5.37. The van der Waals surface area contributed by atoms with E-state index in [4.69, 9.17) is 0 Å². The summed E-state index contributed by atoms with van der Waals surface area (Å²) in [4.78, 5) is 25.1. The Hall–Kier alpha value is -2.07. The molecule has 1 aliphatic rings. The minimum atomic E-state index is -0.514. The number of hydrogen-bond acceptors (Lipinski definition) is 3. The summed E-state index contributed by atoms with van der Waals surface area (Å²) in [6.07, 6.45) is 0.831. The van der Waals surface area contributed by atoms with Gasteiger partial charge in [0, 0.05) is 10.5 Å². The molecule has 0 N–H and O–H groups in total. The number of rotatable bonds is 2. The van der Waals surface area contributed by atoms with Crippen LogP contribution < -0.4 is 0 Å². The lowest BCUT2D eigenvalue weighted by Gasteiger charge is -2.19. The van der Waals surface area contributed by atoms with Gasteiger partial charge in [-0.3, -0.25) is 9.10 Å². The van der Waals surface area contributed by atoms with E-state index in [0.717, 1.165) is 27.9 Å². The van der Waals surface area contributed by atoms with E-state index < -0.39 is 6.04 Å². The van der Waals surface area contributed by atoms with Crippen LogP contribution in [0, 0.1) is 13.8 Å². The van der Waals surface area contributed by atoms with E-state index >= 15 is 0 Å². The van der Waals surface area contributed by atoms with Gasteiger partial charge >= 0.3 is 0 Å². The molecule has 0 saturated heterocycles. The molecule has 4 heteroatoms. The average Bonchev–Trinajstić information content (AvgIpc) is 2.87. The highest BCUT2D eigenvalue weighted by Crippen LogP contribution is 2.43. The van der Waals surface area contributed by atoms with Gasteiger partial charge < -0.3 is 4.79 Å². The van der Waals surface area contributed by atoms with E-state index in [0.29, 0.717) is 5.56 Å². The third kappa shape index (κ3) is 2.36. The molecule has 1 aliphatic heterocycles. The van der Waals surface area contributed by atoms with Crippen molar-refractivity contribution in [1.29, 1.82) is 0 Å². The molecular formula is C17H15NO2S. The Labute approximate surface area is 128 Å². The number of hydrogen-bond donors (Lipinski definition) is 0. The standard InChI is InChI=1S/C17H15NO2S/c1-11-7-8-13(9-12(11)2)17(20)18-15(10-19)14-5-3-4-6-16(14)21-18/h3-10,15H,1-2H3. The zero-order valence-corrected chi connectivity index (χ0v) is 12.7. The number of carbonyl (C=O) groups excluding carboxylic acids is 2. The lowest BCUT2D eigenvalue weighted by molar-refractivity contribution is -0.110. The average molecular weight is 297 g/mol. The van der Waals surface area contributed by atoms with Crippen LogP contribution in [0.5, 0.6) is 0 Å². The van der Waals surface area contributed by atoms with Gasteiger partial charge in [0.25, 0.3) is 5.91 Å². The van der Waals surface area contributed by atoms with Gasteiger partial charge in [0.2, 0.25) is 0 Å². The van der Waals surface area contributed by atoms with Crippen LogP contribution in [0.2, 0.25) is 0 Å². The molecule has 0 radical (unpaired) electrons. The molecule has 0 saturated carbocycles. The van der Waals surface area contributed by atoms with Gasteiger partial charge in [-0.05, 0) is 60.7 Å². The van der Waals surface area contributed by atoms with Crippen LogP contribution in [-0.2, 0) is 4.79 Å². The molecule has 1 amide bonds. The summed E-state index contributed by atoms with van der Waals surface area (Å²) in [7, 11) is 0. The third-order valence-corrected chi connectivity index (χ3v) is 4.93. The number of aldehydes is 1. The summed E-state index contributed by atoms with van der Waals surface area (Å²) in [6, 6.07) is 12.8. The molecule has 0 bridgehead atoms. The summed E-state index contributed by atoms with van der Waals surface area (Å²) in [5.41, 5.74) is 3.74. The van der Waals surface area contributed by atoms with Crippen molar-refractivity contribution >= 4 is 24.1 Å². The Bertz CT molecular complexity index is 726. The van der Waals surface area contributed by atoms with Gasteiger partial charge in [-0.2, -0.15) is 0 Å². The zero-order valence-electron chi connectivity index (χ0n) is 11.9. The largest absolute Gasteiger partial charge is 0.301 e. The molecule has 1 unspecified atom stereocenters. The second-order valence-corrected chi connectivity index (χ2v) is 6.16. The van der Waals surface area contributed by atoms with Crippen molar-refractivity contribution in [2.75, 3.05) is 0 Å². The molecule has 0 aromatic heterocycles. The molecule has 21 heavy (non-hydrogen) atoms. The van der Waals surface area contributed by atoms with Crippen LogP contribution in [0.4, 0.5) is 0 Å². The van der Waals surface area contributed by atoms with Crippen LogP contribution in [0.25, 0.3) is 0 Å². The molecule has 2 aromatic rings. The predicted octanol–water partition coefficient (Wildman–Crippen LogP) is 3.71. The van der Waals surface area contributed by atoms with Gasteiger partial charge in [0.15, 0.2) is 0 Å².